The van der Waals surface area contributed by atoms with E-state index in [0.717, 1.165) is 11.1 Å². The van der Waals surface area contributed by atoms with Crippen LogP contribution in [0.1, 0.15) is 27.3 Å². The van der Waals surface area contributed by atoms with E-state index >= 15 is 0 Å². The van der Waals surface area contributed by atoms with E-state index in [4.69, 9.17) is 0 Å². The zero-order valence-electron chi connectivity index (χ0n) is 9.97. The number of aromatic nitrogens is 2. The Hall–Kier alpha value is -2.03. The van der Waals surface area contributed by atoms with Crippen molar-refractivity contribution in [2.75, 3.05) is 0 Å². The Morgan fingerprint density at radius 2 is 1.82 bits per heavy atom. The van der Waals surface area contributed by atoms with Crippen molar-refractivity contribution < 1.29 is 4.79 Å². The van der Waals surface area contributed by atoms with Crippen molar-refractivity contribution in [1.29, 1.82) is 0 Å². The molecule has 0 N–H and O–H groups in total. The highest BCUT2D eigenvalue weighted by atomic mass is 16.1. The summed E-state index contributed by atoms with van der Waals surface area (Å²) in [6.07, 6.45) is 3.55. The van der Waals surface area contributed by atoms with E-state index in [9.17, 15) is 4.79 Å². The van der Waals surface area contributed by atoms with Gasteiger partial charge in [0.2, 0.25) is 0 Å². The van der Waals surface area contributed by atoms with Gasteiger partial charge in [0.15, 0.2) is 5.78 Å². The van der Waals surface area contributed by atoms with Crippen LogP contribution in [0.2, 0.25) is 0 Å². The molecule has 0 radical (unpaired) electrons. The summed E-state index contributed by atoms with van der Waals surface area (Å²) in [5.41, 5.74) is 3.04. The van der Waals surface area contributed by atoms with Gasteiger partial charge in [-0.15, -0.1) is 0 Å². The normalized spacial score (nSPS) is 10.2. The average molecular weight is 226 g/mol. The number of hydrogen-bond acceptors (Lipinski definition) is 3. The van der Waals surface area contributed by atoms with Gasteiger partial charge in [0.1, 0.15) is 5.82 Å². The molecule has 0 aliphatic heterocycles. The Morgan fingerprint density at radius 3 is 2.47 bits per heavy atom. The molecule has 3 heteroatoms. The molecule has 0 aliphatic rings. The summed E-state index contributed by atoms with van der Waals surface area (Å²) in [6, 6.07) is 7.48. The van der Waals surface area contributed by atoms with E-state index in [1.807, 2.05) is 32.0 Å². The Balaban J connectivity index is 2.18. The molecule has 0 spiro atoms. The third-order valence-electron chi connectivity index (χ3n) is 2.77. The number of aryl methyl sites for hydroxylation is 2. The van der Waals surface area contributed by atoms with Crippen LogP contribution in [0.4, 0.5) is 0 Å². The van der Waals surface area contributed by atoms with Gasteiger partial charge in [-0.05, 0) is 37.1 Å². The summed E-state index contributed by atoms with van der Waals surface area (Å²) in [7, 11) is 0. The van der Waals surface area contributed by atoms with E-state index in [2.05, 4.69) is 9.97 Å². The van der Waals surface area contributed by atoms with E-state index in [1.165, 1.54) is 5.56 Å². The first-order valence-electron chi connectivity index (χ1n) is 5.53. The summed E-state index contributed by atoms with van der Waals surface area (Å²) in [5.74, 6) is 0.620. The highest BCUT2D eigenvalue weighted by Gasteiger charge is 2.09. The van der Waals surface area contributed by atoms with Crippen molar-refractivity contribution in [3.05, 3.63) is 59.2 Å². The van der Waals surface area contributed by atoms with Crippen molar-refractivity contribution in [3.63, 3.8) is 0 Å². The third kappa shape index (κ3) is 2.75. The fourth-order valence-electron chi connectivity index (χ4n) is 1.58. The molecule has 0 bridgehead atoms. The van der Waals surface area contributed by atoms with Crippen LogP contribution in [0.25, 0.3) is 0 Å². The van der Waals surface area contributed by atoms with Crippen LogP contribution in [0, 0.1) is 13.8 Å². The largest absolute Gasteiger partial charge is 0.294 e. The molecule has 0 unspecified atom stereocenters. The fraction of sp³-hybridized carbons (Fsp3) is 0.214. The molecule has 0 amide bonds. The Labute approximate surface area is 101 Å². The van der Waals surface area contributed by atoms with Gasteiger partial charge in [0, 0.05) is 18.0 Å². The van der Waals surface area contributed by atoms with Crippen LogP contribution in [0.5, 0.6) is 0 Å². The van der Waals surface area contributed by atoms with Crippen molar-refractivity contribution in [1.82, 2.24) is 9.97 Å². The lowest BCUT2D eigenvalue weighted by atomic mass is 10.0. The maximum Gasteiger partial charge on any atom is 0.170 e. The lowest BCUT2D eigenvalue weighted by Gasteiger charge is -2.04. The smallest absolute Gasteiger partial charge is 0.170 e. The molecule has 2 aromatic rings. The van der Waals surface area contributed by atoms with Crippen molar-refractivity contribution in [2.45, 2.75) is 20.3 Å². The first-order valence-corrected chi connectivity index (χ1v) is 5.53. The molecule has 3 nitrogen and oxygen atoms in total. The molecule has 86 valence electrons. The summed E-state index contributed by atoms with van der Waals surface area (Å²) in [6.45, 7) is 4.04. The molecule has 0 fully saturated rings. The van der Waals surface area contributed by atoms with E-state index < -0.39 is 0 Å². The molecule has 0 aliphatic carbocycles. The number of nitrogens with zero attached hydrogens (tertiary/aromatic N) is 2. The Bertz CT molecular complexity index is 535. The van der Waals surface area contributed by atoms with Crippen LogP contribution in [0.3, 0.4) is 0 Å². The predicted octanol–water partition coefficient (Wildman–Crippen LogP) is 2.52. The summed E-state index contributed by atoms with van der Waals surface area (Å²) < 4.78 is 0. The van der Waals surface area contributed by atoms with Gasteiger partial charge >= 0.3 is 0 Å². The molecule has 0 atom stereocenters. The molecule has 1 heterocycles. The molecule has 2 rings (SSSR count). The van der Waals surface area contributed by atoms with Gasteiger partial charge in [-0.1, -0.05) is 12.1 Å². The summed E-state index contributed by atoms with van der Waals surface area (Å²) in [5, 5.41) is 0. The van der Waals surface area contributed by atoms with Crippen LogP contribution in [0.15, 0.2) is 36.7 Å². The minimum Gasteiger partial charge on any atom is -0.294 e. The molecular formula is C14H14N2O. The number of ketones is 1. The Morgan fingerprint density at radius 1 is 1.12 bits per heavy atom. The van der Waals surface area contributed by atoms with E-state index in [1.54, 1.807) is 18.5 Å². The average Bonchev–Trinajstić information content (AvgIpc) is 2.34. The Kier molecular flexibility index (Phi) is 3.28. The van der Waals surface area contributed by atoms with Crippen LogP contribution < -0.4 is 0 Å². The molecule has 1 aromatic heterocycles. The number of carbonyl (C=O) groups is 1. The fourth-order valence-corrected chi connectivity index (χ4v) is 1.58. The molecule has 0 saturated carbocycles. The maximum absolute atomic E-state index is 12.0. The van der Waals surface area contributed by atoms with Crippen LogP contribution in [-0.2, 0) is 6.42 Å². The second kappa shape index (κ2) is 4.87. The van der Waals surface area contributed by atoms with Gasteiger partial charge in [-0.25, -0.2) is 9.97 Å². The summed E-state index contributed by atoms with van der Waals surface area (Å²) >= 11 is 0. The number of carbonyl (C=O) groups excluding carboxylic acids is 1. The molecular weight excluding hydrogens is 212 g/mol. The highest BCUT2D eigenvalue weighted by Crippen LogP contribution is 2.11. The van der Waals surface area contributed by atoms with E-state index in [-0.39, 0.29) is 12.2 Å². The SMILES string of the molecule is Cc1ccc(C(=O)Cc2ncccn2)cc1C. The number of benzene rings is 1. The van der Waals surface area contributed by atoms with Crippen molar-refractivity contribution >= 4 is 5.78 Å². The zero-order valence-corrected chi connectivity index (χ0v) is 9.97. The van der Waals surface area contributed by atoms with Gasteiger partial charge in [0.25, 0.3) is 0 Å². The second-order valence-corrected chi connectivity index (χ2v) is 4.06. The topological polar surface area (TPSA) is 42.9 Å². The van der Waals surface area contributed by atoms with Gasteiger partial charge in [-0.2, -0.15) is 0 Å². The first-order chi connectivity index (χ1) is 8.16. The summed E-state index contributed by atoms with van der Waals surface area (Å²) in [4.78, 5) is 20.1. The minimum absolute atomic E-state index is 0.0549. The highest BCUT2D eigenvalue weighted by molar-refractivity contribution is 5.97. The standard InChI is InChI=1S/C14H14N2O/c1-10-4-5-12(8-11(10)2)13(17)9-14-15-6-3-7-16-14/h3-8H,9H2,1-2H3. The number of rotatable bonds is 3. The van der Waals surface area contributed by atoms with Crippen molar-refractivity contribution in [2.24, 2.45) is 0 Å². The lowest BCUT2D eigenvalue weighted by molar-refractivity contribution is 0.0990. The quantitative estimate of drug-likeness (QED) is 0.755. The maximum atomic E-state index is 12.0. The molecule has 0 saturated heterocycles. The third-order valence-corrected chi connectivity index (χ3v) is 2.77. The molecule has 17 heavy (non-hydrogen) atoms. The van der Waals surface area contributed by atoms with Gasteiger partial charge in [-0.3, -0.25) is 4.79 Å². The van der Waals surface area contributed by atoms with Gasteiger partial charge in [0.05, 0.1) is 6.42 Å². The number of Topliss-reactive ketones (excluding diaryl/α,β-unsaturated/α-hetero) is 1. The number of hydrogen-bond donors (Lipinski definition) is 0. The van der Waals surface area contributed by atoms with Crippen molar-refractivity contribution in [3.8, 4) is 0 Å². The van der Waals surface area contributed by atoms with Crippen LogP contribution >= 0.6 is 0 Å². The lowest BCUT2D eigenvalue weighted by Crippen LogP contribution is -2.07. The van der Waals surface area contributed by atoms with Gasteiger partial charge < -0.3 is 0 Å². The zero-order chi connectivity index (χ0) is 12.3. The predicted molar refractivity (Wildman–Crippen MR) is 66.0 cm³/mol. The van der Waals surface area contributed by atoms with E-state index in [0.29, 0.717) is 5.82 Å². The monoisotopic (exact) mass is 226 g/mol. The molecule has 1 aromatic carbocycles. The minimum atomic E-state index is 0.0549. The van der Waals surface area contributed by atoms with Crippen LogP contribution in [-0.4, -0.2) is 15.8 Å². The second-order valence-electron chi connectivity index (χ2n) is 4.06. The first kappa shape index (κ1) is 11.5.